The summed E-state index contributed by atoms with van der Waals surface area (Å²) in [4.78, 5) is 15.6. The number of rotatable bonds is 9. The van der Waals surface area contributed by atoms with Crippen LogP contribution in [0.1, 0.15) is 45.7 Å². The maximum Gasteiger partial charge on any atom is 0.273 e. The molecule has 7 heteroatoms. The molecule has 0 aliphatic carbocycles. The molecule has 1 amide bonds. The molecule has 2 heterocycles. The lowest BCUT2D eigenvalue weighted by atomic mass is 9.95. The highest BCUT2D eigenvalue weighted by atomic mass is 16.5. The van der Waals surface area contributed by atoms with Crippen molar-refractivity contribution in [3.05, 3.63) is 94.7 Å². The zero-order chi connectivity index (χ0) is 25.9. The predicted molar refractivity (Wildman–Crippen MR) is 143 cm³/mol. The second-order valence-electron chi connectivity index (χ2n) is 9.02. The molecule has 1 aromatic heterocycles. The molecule has 0 bridgehead atoms. The Morgan fingerprint density at radius 2 is 1.57 bits per heavy atom. The van der Waals surface area contributed by atoms with Crippen LogP contribution in [0.5, 0.6) is 17.2 Å². The zero-order valence-electron chi connectivity index (χ0n) is 21.6. The van der Waals surface area contributed by atoms with Crippen LogP contribution in [0.3, 0.4) is 0 Å². The van der Waals surface area contributed by atoms with Crippen molar-refractivity contribution < 1.29 is 19.0 Å². The Kier molecular flexibility index (Phi) is 6.86. The van der Waals surface area contributed by atoms with Gasteiger partial charge >= 0.3 is 0 Å². The number of aromatic amines is 1. The summed E-state index contributed by atoms with van der Waals surface area (Å²) in [6.45, 7) is 2.68. The van der Waals surface area contributed by atoms with Gasteiger partial charge in [0.1, 0.15) is 11.4 Å². The largest absolute Gasteiger partial charge is 0.497 e. The van der Waals surface area contributed by atoms with Gasteiger partial charge in [-0.05, 0) is 65.9 Å². The van der Waals surface area contributed by atoms with Crippen LogP contribution in [-0.4, -0.2) is 48.9 Å². The standard InChI is InChI=1S/C30H31N3O4/c1-5-19-6-9-22(10-7-19)29-26-27(21-11-13-23(35-2)14-12-21)31-32-28(26)30(34)33(29)17-16-20-8-15-24(36-3)25(18-20)37-4/h6-15,18,29H,5,16-17H2,1-4H3,(H,31,32)/t29-/m0/s1. The van der Waals surface area contributed by atoms with Gasteiger partial charge in [0, 0.05) is 17.7 Å². The van der Waals surface area contributed by atoms with Crippen LogP contribution < -0.4 is 14.2 Å². The first-order valence-electron chi connectivity index (χ1n) is 12.4. The van der Waals surface area contributed by atoms with E-state index in [1.165, 1.54) is 5.56 Å². The van der Waals surface area contributed by atoms with Gasteiger partial charge in [0.25, 0.3) is 5.91 Å². The fourth-order valence-electron chi connectivity index (χ4n) is 4.96. The Morgan fingerprint density at radius 3 is 2.22 bits per heavy atom. The Hall–Kier alpha value is -4.26. The van der Waals surface area contributed by atoms with Crippen LogP contribution in [-0.2, 0) is 12.8 Å². The van der Waals surface area contributed by atoms with Crippen LogP contribution in [0.4, 0.5) is 0 Å². The Morgan fingerprint density at radius 1 is 0.865 bits per heavy atom. The molecule has 190 valence electrons. The Labute approximate surface area is 217 Å². The summed E-state index contributed by atoms with van der Waals surface area (Å²) in [6, 6.07) is 21.9. The summed E-state index contributed by atoms with van der Waals surface area (Å²) >= 11 is 0. The van der Waals surface area contributed by atoms with E-state index in [1.54, 1.807) is 21.3 Å². The minimum atomic E-state index is -0.246. The number of carbonyl (C=O) groups excluding carboxylic acids is 1. The maximum atomic E-state index is 13.7. The number of methoxy groups -OCH3 is 3. The average molecular weight is 498 g/mol. The van der Waals surface area contributed by atoms with Gasteiger partial charge in [-0.1, -0.05) is 37.3 Å². The van der Waals surface area contributed by atoms with Crippen molar-refractivity contribution in [2.24, 2.45) is 0 Å². The van der Waals surface area contributed by atoms with E-state index in [4.69, 9.17) is 14.2 Å². The van der Waals surface area contributed by atoms with Crippen molar-refractivity contribution >= 4 is 5.91 Å². The van der Waals surface area contributed by atoms with Gasteiger partial charge in [-0.2, -0.15) is 5.10 Å². The highest BCUT2D eigenvalue weighted by Gasteiger charge is 2.41. The number of amides is 1. The number of fused-ring (bicyclic) bond motifs is 1. The molecule has 0 saturated carbocycles. The van der Waals surface area contributed by atoms with Gasteiger partial charge in [-0.25, -0.2) is 0 Å². The normalized spacial score (nSPS) is 14.5. The second-order valence-corrected chi connectivity index (χ2v) is 9.02. The molecule has 37 heavy (non-hydrogen) atoms. The third-order valence-electron chi connectivity index (χ3n) is 7.02. The van der Waals surface area contributed by atoms with Crippen molar-refractivity contribution in [3.8, 4) is 28.5 Å². The molecule has 7 nitrogen and oxygen atoms in total. The number of ether oxygens (including phenoxy) is 3. The minimum absolute atomic E-state index is 0.0488. The van der Waals surface area contributed by atoms with Crippen LogP contribution >= 0.6 is 0 Å². The molecular formula is C30H31N3O4. The topological polar surface area (TPSA) is 76.7 Å². The van der Waals surface area contributed by atoms with Crippen LogP contribution in [0, 0.1) is 0 Å². The number of nitrogens with zero attached hydrogens (tertiary/aromatic N) is 2. The van der Waals surface area contributed by atoms with E-state index in [1.807, 2.05) is 47.4 Å². The van der Waals surface area contributed by atoms with E-state index in [0.717, 1.165) is 40.1 Å². The van der Waals surface area contributed by atoms with E-state index >= 15 is 0 Å². The molecule has 0 spiro atoms. The maximum absolute atomic E-state index is 13.7. The monoisotopic (exact) mass is 497 g/mol. The summed E-state index contributed by atoms with van der Waals surface area (Å²) in [5.74, 6) is 2.08. The van der Waals surface area contributed by atoms with E-state index in [0.29, 0.717) is 30.2 Å². The number of benzene rings is 3. The summed E-state index contributed by atoms with van der Waals surface area (Å²) < 4.78 is 16.2. The van der Waals surface area contributed by atoms with Crippen molar-refractivity contribution in [2.45, 2.75) is 25.8 Å². The highest BCUT2D eigenvalue weighted by Crippen LogP contribution is 2.43. The van der Waals surface area contributed by atoms with Crippen molar-refractivity contribution in [2.75, 3.05) is 27.9 Å². The molecule has 1 N–H and O–H groups in total. The Bertz CT molecular complexity index is 1390. The highest BCUT2D eigenvalue weighted by molar-refractivity contribution is 6.00. The van der Waals surface area contributed by atoms with Crippen LogP contribution in [0.15, 0.2) is 66.7 Å². The van der Waals surface area contributed by atoms with Gasteiger partial charge in [0.05, 0.1) is 33.1 Å². The van der Waals surface area contributed by atoms with Gasteiger partial charge in [-0.3, -0.25) is 9.89 Å². The first-order chi connectivity index (χ1) is 18.1. The fourth-order valence-corrected chi connectivity index (χ4v) is 4.96. The van der Waals surface area contributed by atoms with E-state index in [-0.39, 0.29) is 11.9 Å². The van der Waals surface area contributed by atoms with Gasteiger partial charge in [-0.15, -0.1) is 0 Å². The molecule has 3 aromatic carbocycles. The third-order valence-corrected chi connectivity index (χ3v) is 7.02. The quantitative estimate of drug-likeness (QED) is 0.333. The summed E-state index contributed by atoms with van der Waals surface area (Å²) in [7, 11) is 4.89. The molecule has 0 fully saturated rings. The zero-order valence-corrected chi connectivity index (χ0v) is 21.6. The fraction of sp³-hybridized carbons (Fsp3) is 0.267. The number of nitrogens with one attached hydrogen (secondary N) is 1. The second kappa shape index (κ2) is 10.4. The first kappa shape index (κ1) is 24.4. The summed E-state index contributed by atoms with van der Waals surface area (Å²) in [5, 5.41) is 7.61. The number of aryl methyl sites for hydroxylation is 1. The van der Waals surface area contributed by atoms with E-state index in [9.17, 15) is 4.79 Å². The average Bonchev–Trinajstić information content (AvgIpc) is 3.50. The van der Waals surface area contributed by atoms with Gasteiger partial charge in [0.2, 0.25) is 0 Å². The van der Waals surface area contributed by atoms with Crippen molar-refractivity contribution in [1.29, 1.82) is 0 Å². The SMILES string of the molecule is CCc1ccc([C@H]2c3c(-c4ccc(OC)cc4)n[nH]c3C(=O)N2CCc2ccc(OC)c(OC)c2)cc1. The summed E-state index contributed by atoms with van der Waals surface area (Å²) in [5.41, 5.74) is 6.55. The molecular weight excluding hydrogens is 466 g/mol. The first-order valence-corrected chi connectivity index (χ1v) is 12.4. The molecule has 4 aromatic rings. The molecule has 0 unspecified atom stereocenters. The molecule has 1 atom stereocenters. The number of hydrogen-bond acceptors (Lipinski definition) is 5. The van der Waals surface area contributed by atoms with E-state index in [2.05, 4.69) is 41.4 Å². The lowest BCUT2D eigenvalue weighted by molar-refractivity contribution is 0.0746. The Balaban J connectivity index is 1.52. The molecule has 1 aliphatic heterocycles. The summed E-state index contributed by atoms with van der Waals surface area (Å²) in [6.07, 6.45) is 1.63. The third kappa shape index (κ3) is 4.53. The van der Waals surface area contributed by atoms with Gasteiger partial charge in [0.15, 0.2) is 11.5 Å². The smallest absolute Gasteiger partial charge is 0.273 e. The number of carbonyl (C=O) groups is 1. The molecule has 0 radical (unpaired) electrons. The van der Waals surface area contributed by atoms with Crippen molar-refractivity contribution in [1.82, 2.24) is 15.1 Å². The van der Waals surface area contributed by atoms with Gasteiger partial charge < -0.3 is 19.1 Å². The number of aromatic nitrogens is 2. The lowest BCUT2D eigenvalue weighted by Gasteiger charge is -2.27. The molecule has 1 aliphatic rings. The van der Waals surface area contributed by atoms with Crippen LogP contribution in [0.25, 0.3) is 11.3 Å². The van der Waals surface area contributed by atoms with E-state index < -0.39 is 0 Å². The molecule has 5 rings (SSSR count). The van der Waals surface area contributed by atoms with Crippen molar-refractivity contribution in [3.63, 3.8) is 0 Å². The molecule has 0 saturated heterocycles. The number of H-pyrrole nitrogens is 1. The number of hydrogen-bond donors (Lipinski definition) is 1. The minimum Gasteiger partial charge on any atom is -0.497 e. The predicted octanol–water partition coefficient (Wildman–Crippen LogP) is 5.45. The van der Waals surface area contributed by atoms with Crippen LogP contribution in [0.2, 0.25) is 0 Å². The lowest BCUT2D eigenvalue weighted by Crippen LogP contribution is -2.31.